The molecule has 1 aromatic heterocycles. The summed E-state index contributed by atoms with van der Waals surface area (Å²) < 4.78 is 0. The van der Waals surface area contributed by atoms with Crippen LogP contribution in [-0.2, 0) is 0 Å². The quantitative estimate of drug-likeness (QED) is 0.604. The van der Waals surface area contributed by atoms with Gasteiger partial charge in [-0.25, -0.2) is 10.8 Å². The zero-order valence-corrected chi connectivity index (χ0v) is 10.8. The number of aromatic nitrogens is 2. The summed E-state index contributed by atoms with van der Waals surface area (Å²) >= 11 is 0. The fourth-order valence-corrected chi connectivity index (χ4v) is 2.26. The summed E-state index contributed by atoms with van der Waals surface area (Å²) in [5.74, 6) is 6.14. The highest BCUT2D eigenvalue weighted by molar-refractivity contribution is 5.92. The first-order valence-corrected chi connectivity index (χ1v) is 6.21. The Morgan fingerprint density at radius 3 is 2.94 bits per heavy atom. The minimum Gasteiger partial charge on any atom is -0.334 e. The van der Waals surface area contributed by atoms with E-state index in [0.29, 0.717) is 17.4 Å². The summed E-state index contributed by atoms with van der Waals surface area (Å²) in [5, 5.41) is 0. The van der Waals surface area contributed by atoms with Crippen LogP contribution in [0.2, 0.25) is 0 Å². The molecule has 6 nitrogen and oxygen atoms in total. The van der Waals surface area contributed by atoms with Crippen LogP contribution in [0, 0.1) is 5.92 Å². The molecule has 1 saturated heterocycles. The Morgan fingerprint density at radius 2 is 2.22 bits per heavy atom. The number of nitrogens with zero attached hydrogens (tertiary/aromatic N) is 3. The van der Waals surface area contributed by atoms with E-state index in [0.717, 1.165) is 13.0 Å². The molecular weight excluding hydrogens is 230 g/mol. The minimum absolute atomic E-state index is 0.0707. The highest BCUT2D eigenvalue weighted by Crippen LogP contribution is 2.22. The van der Waals surface area contributed by atoms with E-state index in [-0.39, 0.29) is 11.9 Å². The fourth-order valence-electron chi connectivity index (χ4n) is 2.26. The monoisotopic (exact) mass is 249 g/mol. The predicted molar refractivity (Wildman–Crippen MR) is 68.7 cm³/mol. The summed E-state index contributed by atoms with van der Waals surface area (Å²) in [5.41, 5.74) is 2.74. The molecule has 98 valence electrons. The zero-order chi connectivity index (χ0) is 13.1. The number of hydrazine groups is 1. The van der Waals surface area contributed by atoms with Crippen molar-refractivity contribution in [1.82, 2.24) is 14.9 Å². The number of piperidine rings is 1. The van der Waals surface area contributed by atoms with Gasteiger partial charge in [-0.05, 0) is 25.7 Å². The van der Waals surface area contributed by atoms with Crippen molar-refractivity contribution in [2.45, 2.75) is 32.7 Å². The Hall–Kier alpha value is -1.69. The minimum atomic E-state index is -0.0707. The molecule has 2 unspecified atom stereocenters. The van der Waals surface area contributed by atoms with Crippen LogP contribution in [0.3, 0.4) is 0 Å². The standard InChI is InChI=1S/C12H19N5O/c1-8-3-4-9(2)17(7-8)12(18)10-5-14-6-11(15-10)16-13/h5-6,8-9H,3-4,7,13H2,1-2H3,(H,15,16). The van der Waals surface area contributed by atoms with Gasteiger partial charge in [0.25, 0.3) is 5.91 Å². The van der Waals surface area contributed by atoms with Crippen LogP contribution in [0.5, 0.6) is 0 Å². The molecule has 0 saturated carbocycles. The number of amides is 1. The lowest BCUT2D eigenvalue weighted by Crippen LogP contribution is -2.45. The molecule has 0 bridgehead atoms. The second kappa shape index (κ2) is 5.30. The molecule has 2 heterocycles. The van der Waals surface area contributed by atoms with Crippen molar-refractivity contribution in [3.05, 3.63) is 18.1 Å². The summed E-state index contributed by atoms with van der Waals surface area (Å²) in [4.78, 5) is 22.4. The summed E-state index contributed by atoms with van der Waals surface area (Å²) in [6, 6.07) is 0.255. The summed E-state index contributed by atoms with van der Waals surface area (Å²) in [7, 11) is 0. The van der Waals surface area contributed by atoms with Crippen LogP contribution in [-0.4, -0.2) is 33.4 Å². The molecule has 18 heavy (non-hydrogen) atoms. The Balaban J connectivity index is 2.18. The summed E-state index contributed by atoms with van der Waals surface area (Å²) in [6.45, 7) is 5.01. The molecule has 1 aliphatic rings. The number of nitrogen functional groups attached to an aromatic ring is 1. The number of likely N-dealkylation sites (tertiary alicyclic amines) is 1. The van der Waals surface area contributed by atoms with Gasteiger partial charge in [-0.2, -0.15) is 0 Å². The highest BCUT2D eigenvalue weighted by atomic mass is 16.2. The molecule has 1 fully saturated rings. The van der Waals surface area contributed by atoms with Crippen LogP contribution in [0.25, 0.3) is 0 Å². The van der Waals surface area contributed by atoms with Crippen molar-refractivity contribution in [3.8, 4) is 0 Å². The van der Waals surface area contributed by atoms with Crippen molar-refractivity contribution < 1.29 is 4.79 Å². The number of carbonyl (C=O) groups is 1. The maximum Gasteiger partial charge on any atom is 0.274 e. The third-order valence-corrected chi connectivity index (χ3v) is 3.38. The highest BCUT2D eigenvalue weighted by Gasteiger charge is 2.28. The lowest BCUT2D eigenvalue weighted by atomic mass is 9.95. The average molecular weight is 249 g/mol. The van der Waals surface area contributed by atoms with Gasteiger partial charge in [0.15, 0.2) is 5.82 Å². The van der Waals surface area contributed by atoms with Crippen molar-refractivity contribution in [1.29, 1.82) is 0 Å². The first kappa shape index (κ1) is 12.8. The molecule has 6 heteroatoms. The Kier molecular flexibility index (Phi) is 3.76. The number of carbonyl (C=O) groups excluding carboxylic acids is 1. The van der Waals surface area contributed by atoms with E-state index in [1.807, 2.05) is 4.90 Å². The number of nitrogens with one attached hydrogen (secondary N) is 1. The van der Waals surface area contributed by atoms with Gasteiger partial charge in [0.2, 0.25) is 0 Å². The fraction of sp³-hybridized carbons (Fsp3) is 0.583. The predicted octanol–water partition coefficient (Wildman–Crippen LogP) is 1.02. The van der Waals surface area contributed by atoms with Crippen molar-refractivity contribution >= 4 is 11.7 Å². The molecule has 0 aromatic carbocycles. The number of anilines is 1. The lowest BCUT2D eigenvalue weighted by molar-refractivity contribution is 0.0567. The third-order valence-electron chi connectivity index (χ3n) is 3.38. The number of hydrogen-bond acceptors (Lipinski definition) is 5. The number of hydrogen-bond donors (Lipinski definition) is 2. The molecule has 0 radical (unpaired) electrons. The second-order valence-electron chi connectivity index (χ2n) is 4.92. The van der Waals surface area contributed by atoms with Crippen LogP contribution in [0.15, 0.2) is 12.4 Å². The molecule has 1 amide bonds. The van der Waals surface area contributed by atoms with Crippen molar-refractivity contribution in [3.63, 3.8) is 0 Å². The molecule has 2 atom stereocenters. The van der Waals surface area contributed by atoms with Gasteiger partial charge in [0, 0.05) is 12.6 Å². The Bertz CT molecular complexity index is 436. The van der Waals surface area contributed by atoms with E-state index in [9.17, 15) is 4.79 Å². The third kappa shape index (κ3) is 2.59. The van der Waals surface area contributed by atoms with Gasteiger partial charge in [-0.3, -0.25) is 9.78 Å². The molecule has 0 aliphatic carbocycles. The molecular formula is C12H19N5O. The topological polar surface area (TPSA) is 84.1 Å². The van der Waals surface area contributed by atoms with Crippen LogP contribution in [0.4, 0.5) is 5.82 Å². The zero-order valence-electron chi connectivity index (χ0n) is 10.8. The smallest absolute Gasteiger partial charge is 0.274 e. The lowest BCUT2D eigenvalue weighted by Gasteiger charge is -2.36. The summed E-state index contributed by atoms with van der Waals surface area (Å²) in [6.07, 6.45) is 5.17. The van der Waals surface area contributed by atoms with Crippen LogP contribution < -0.4 is 11.3 Å². The normalized spacial score (nSPS) is 23.8. The average Bonchev–Trinajstić information content (AvgIpc) is 2.41. The van der Waals surface area contributed by atoms with E-state index in [2.05, 4.69) is 29.2 Å². The first-order valence-electron chi connectivity index (χ1n) is 6.21. The van der Waals surface area contributed by atoms with Crippen molar-refractivity contribution in [2.75, 3.05) is 12.0 Å². The number of nitrogens with two attached hydrogens (primary N) is 1. The van der Waals surface area contributed by atoms with Gasteiger partial charge in [-0.15, -0.1) is 0 Å². The molecule has 3 N–H and O–H groups in total. The van der Waals surface area contributed by atoms with E-state index < -0.39 is 0 Å². The molecule has 1 aliphatic heterocycles. The van der Waals surface area contributed by atoms with Crippen molar-refractivity contribution in [2.24, 2.45) is 11.8 Å². The SMILES string of the molecule is CC1CCC(C)N(C(=O)c2cncc(NN)n2)C1. The number of rotatable bonds is 2. The van der Waals surface area contributed by atoms with Crippen LogP contribution in [0.1, 0.15) is 37.2 Å². The van der Waals surface area contributed by atoms with Gasteiger partial charge >= 0.3 is 0 Å². The van der Waals surface area contributed by atoms with E-state index in [4.69, 9.17) is 5.84 Å². The van der Waals surface area contributed by atoms with Gasteiger partial charge in [0.05, 0.1) is 12.4 Å². The van der Waals surface area contributed by atoms with Gasteiger partial charge in [-0.1, -0.05) is 6.92 Å². The maximum absolute atomic E-state index is 12.4. The largest absolute Gasteiger partial charge is 0.334 e. The molecule has 2 rings (SSSR count). The Labute approximate surface area is 107 Å². The second-order valence-corrected chi connectivity index (χ2v) is 4.92. The van der Waals surface area contributed by atoms with Crippen LogP contribution >= 0.6 is 0 Å². The Morgan fingerprint density at radius 1 is 1.44 bits per heavy atom. The first-order chi connectivity index (χ1) is 8.61. The van der Waals surface area contributed by atoms with Gasteiger partial charge < -0.3 is 10.3 Å². The van der Waals surface area contributed by atoms with E-state index in [1.54, 1.807) is 0 Å². The molecule has 0 spiro atoms. The van der Waals surface area contributed by atoms with E-state index in [1.165, 1.54) is 18.8 Å². The molecule has 1 aromatic rings. The van der Waals surface area contributed by atoms with Gasteiger partial charge in [0.1, 0.15) is 5.69 Å². The van der Waals surface area contributed by atoms with E-state index >= 15 is 0 Å². The maximum atomic E-state index is 12.4.